The third-order valence-corrected chi connectivity index (χ3v) is 2.72. The van der Waals surface area contributed by atoms with Crippen LogP contribution in [0.3, 0.4) is 0 Å². The van der Waals surface area contributed by atoms with E-state index in [1.54, 1.807) is 6.92 Å². The Morgan fingerprint density at radius 3 is 2.38 bits per heavy atom. The number of ketones is 1. The first-order valence-electron chi connectivity index (χ1n) is 4.32. The molecular formula is C11H13BrO. The zero-order valence-corrected chi connectivity index (χ0v) is 9.68. The Morgan fingerprint density at radius 2 is 2.00 bits per heavy atom. The van der Waals surface area contributed by atoms with E-state index >= 15 is 0 Å². The lowest BCUT2D eigenvalue weighted by Crippen LogP contribution is -1.95. The van der Waals surface area contributed by atoms with Gasteiger partial charge in [0.1, 0.15) is 0 Å². The molecule has 0 aliphatic rings. The smallest absolute Gasteiger partial charge is 0.159 e. The van der Waals surface area contributed by atoms with Crippen LogP contribution >= 0.6 is 15.9 Å². The Bertz CT molecular complexity index is 329. The van der Waals surface area contributed by atoms with E-state index in [1.165, 1.54) is 5.56 Å². The maximum absolute atomic E-state index is 11.1. The van der Waals surface area contributed by atoms with Gasteiger partial charge in [-0.1, -0.05) is 41.9 Å². The summed E-state index contributed by atoms with van der Waals surface area (Å²) in [5, 5.41) is 0. The first-order chi connectivity index (χ1) is 6.02. The van der Waals surface area contributed by atoms with Crippen molar-refractivity contribution in [3.8, 4) is 0 Å². The lowest BCUT2D eigenvalue weighted by atomic mass is 10.0. The molecule has 0 radical (unpaired) electrons. The number of rotatable bonds is 2. The number of hydrogen-bond acceptors (Lipinski definition) is 1. The van der Waals surface area contributed by atoms with E-state index < -0.39 is 0 Å². The maximum Gasteiger partial charge on any atom is 0.159 e. The van der Waals surface area contributed by atoms with Gasteiger partial charge in [-0.2, -0.15) is 0 Å². The third-order valence-electron chi connectivity index (χ3n) is 2.03. The van der Waals surface area contributed by atoms with E-state index in [9.17, 15) is 4.79 Å². The number of carbonyl (C=O) groups is 1. The Labute approximate surface area is 87.3 Å². The second-order valence-corrected chi connectivity index (χ2v) is 4.30. The summed E-state index contributed by atoms with van der Waals surface area (Å²) in [4.78, 5) is 11.1. The summed E-state index contributed by atoms with van der Waals surface area (Å²) >= 11 is 3.46. The van der Waals surface area contributed by atoms with Crippen LogP contribution in [-0.4, -0.2) is 5.78 Å². The largest absolute Gasteiger partial charge is 0.295 e. The average Bonchev–Trinajstić information content (AvgIpc) is 2.03. The summed E-state index contributed by atoms with van der Waals surface area (Å²) in [5.41, 5.74) is 2.00. The molecule has 0 fully saturated rings. The van der Waals surface area contributed by atoms with Crippen LogP contribution in [0.2, 0.25) is 0 Å². The van der Waals surface area contributed by atoms with Crippen LogP contribution in [0.15, 0.2) is 22.7 Å². The predicted molar refractivity (Wildman–Crippen MR) is 58.2 cm³/mol. The normalized spacial score (nSPS) is 10.5. The van der Waals surface area contributed by atoms with Crippen LogP contribution in [-0.2, 0) is 0 Å². The molecule has 0 atom stereocenters. The molecule has 0 heterocycles. The summed E-state index contributed by atoms with van der Waals surface area (Å²) in [5.74, 6) is 0.589. The summed E-state index contributed by atoms with van der Waals surface area (Å²) in [6.45, 7) is 5.85. The first kappa shape index (κ1) is 10.5. The zero-order valence-electron chi connectivity index (χ0n) is 8.10. The van der Waals surface area contributed by atoms with Crippen molar-refractivity contribution in [2.45, 2.75) is 26.7 Å². The Morgan fingerprint density at radius 1 is 1.38 bits per heavy atom. The van der Waals surface area contributed by atoms with Gasteiger partial charge in [0, 0.05) is 10.0 Å². The molecule has 0 aromatic heterocycles. The van der Waals surface area contributed by atoms with Gasteiger partial charge in [-0.05, 0) is 24.5 Å². The van der Waals surface area contributed by atoms with Crippen molar-refractivity contribution < 1.29 is 4.79 Å². The fraction of sp³-hybridized carbons (Fsp3) is 0.364. The van der Waals surface area contributed by atoms with Gasteiger partial charge in [-0.25, -0.2) is 0 Å². The van der Waals surface area contributed by atoms with Crippen molar-refractivity contribution in [3.63, 3.8) is 0 Å². The Balaban J connectivity index is 3.13. The molecule has 2 heteroatoms. The van der Waals surface area contributed by atoms with Crippen LogP contribution in [0.4, 0.5) is 0 Å². The third kappa shape index (κ3) is 2.41. The number of halogens is 1. The van der Waals surface area contributed by atoms with Gasteiger partial charge in [-0.15, -0.1) is 0 Å². The highest BCUT2D eigenvalue weighted by Crippen LogP contribution is 2.25. The molecule has 1 nitrogen and oxygen atoms in total. The van der Waals surface area contributed by atoms with Crippen LogP contribution < -0.4 is 0 Å². The molecule has 0 bridgehead atoms. The Hall–Kier alpha value is -0.630. The van der Waals surface area contributed by atoms with Gasteiger partial charge in [0.05, 0.1) is 0 Å². The van der Waals surface area contributed by atoms with Gasteiger partial charge in [0.25, 0.3) is 0 Å². The quantitative estimate of drug-likeness (QED) is 0.720. The Kier molecular flexibility index (Phi) is 3.26. The van der Waals surface area contributed by atoms with Crippen molar-refractivity contribution in [2.24, 2.45) is 0 Å². The SMILES string of the molecule is CC(=O)c1ccc(C(C)C)c(Br)c1. The molecule has 1 rings (SSSR count). The van der Waals surface area contributed by atoms with Crippen LogP contribution in [0.5, 0.6) is 0 Å². The van der Waals surface area contributed by atoms with Crippen molar-refractivity contribution >= 4 is 21.7 Å². The van der Waals surface area contributed by atoms with E-state index in [0.717, 1.165) is 10.0 Å². The fourth-order valence-electron chi connectivity index (χ4n) is 1.21. The fourth-order valence-corrected chi connectivity index (χ4v) is 2.05. The van der Waals surface area contributed by atoms with E-state index in [4.69, 9.17) is 0 Å². The predicted octanol–water partition coefficient (Wildman–Crippen LogP) is 3.78. The van der Waals surface area contributed by atoms with E-state index in [2.05, 4.69) is 29.8 Å². The molecule has 0 spiro atoms. The van der Waals surface area contributed by atoms with Gasteiger partial charge in [0.15, 0.2) is 5.78 Å². The standard InChI is InChI=1S/C11H13BrO/c1-7(2)10-5-4-9(8(3)13)6-11(10)12/h4-7H,1-3H3. The summed E-state index contributed by atoms with van der Waals surface area (Å²) in [7, 11) is 0. The minimum absolute atomic E-state index is 0.107. The summed E-state index contributed by atoms with van der Waals surface area (Å²) < 4.78 is 1.02. The topological polar surface area (TPSA) is 17.1 Å². The monoisotopic (exact) mass is 240 g/mol. The number of carbonyl (C=O) groups excluding carboxylic acids is 1. The van der Waals surface area contributed by atoms with Gasteiger partial charge in [-0.3, -0.25) is 4.79 Å². The molecule has 1 aromatic rings. The molecule has 0 saturated heterocycles. The average molecular weight is 241 g/mol. The number of hydrogen-bond donors (Lipinski definition) is 0. The van der Waals surface area contributed by atoms with Crippen LogP contribution in [0.25, 0.3) is 0 Å². The maximum atomic E-state index is 11.1. The molecule has 0 saturated carbocycles. The van der Waals surface area contributed by atoms with Gasteiger partial charge >= 0.3 is 0 Å². The second-order valence-electron chi connectivity index (χ2n) is 3.45. The van der Waals surface area contributed by atoms with E-state index in [-0.39, 0.29) is 5.78 Å². The van der Waals surface area contributed by atoms with E-state index in [0.29, 0.717) is 5.92 Å². The number of benzene rings is 1. The van der Waals surface area contributed by atoms with Gasteiger partial charge in [0.2, 0.25) is 0 Å². The van der Waals surface area contributed by atoms with Crippen LogP contribution in [0.1, 0.15) is 42.6 Å². The molecule has 13 heavy (non-hydrogen) atoms. The van der Waals surface area contributed by atoms with E-state index in [1.807, 2.05) is 18.2 Å². The lowest BCUT2D eigenvalue weighted by Gasteiger charge is -2.08. The molecule has 0 aliphatic carbocycles. The molecule has 70 valence electrons. The molecular weight excluding hydrogens is 228 g/mol. The molecule has 0 N–H and O–H groups in total. The molecule has 0 amide bonds. The highest BCUT2D eigenvalue weighted by Gasteiger charge is 2.06. The second kappa shape index (κ2) is 4.05. The zero-order chi connectivity index (χ0) is 10.0. The molecule has 1 aromatic carbocycles. The number of Topliss-reactive ketones (excluding diaryl/α,β-unsaturated/α-hetero) is 1. The van der Waals surface area contributed by atoms with Crippen molar-refractivity contribution in [1.29, 1.82) is 0 Å². The van der Waals surface area contributed by atoms with Crippen molar-refractivity contribution in [2.75, 3.05) is 0 Å². The summed E-state index contributed by atoms with van der Waals surface area (Å²) in [6.07, 6.45) is 0. The summed E-state index contributed by atoms with van der Waals surface area (Å²) in [6, 6.07) is 5.77. The molecule has 0 unspecified atom stereocenters. The van der Waals surface area contributed by atoms with Crippen LogP contribution in [0, 0.1) is 0 Å². The molecule has 0 aliphatic heterocycles. The van der Waals surface area contributed by atoms with Gasteiger partial charge < -0.3 is 0 Å². The highest BCUT2D eigenvalue weighted by atomic mass is 79.9. The van der Waals surface area contributed by atoms with Crippen molar-refractivity contribution in [3.05, 3.63) is 33.8 Å². The van der Waals surface area contributed by atoms with Crippen molar-refractivity contribution in [1.82, 2.24) is 0 Å². The highest BCUT2D eigenvalue weighted by molar-refractivity contribution is 9.10. The minimum Gasteiger partial charge on any atom is -0.295 e. The lowest BCUT2D eigenvalue weighted by molar-refractivity contribution is 0.101. The first-order valence-corrected chi connectivity index (χ1v) is 5.12. The minimum atomic E-state index is 0.107.